The molecular formula is C12H12N4O2. The number of nitrogens with zero attached hydrogens (tertiary/aromatic N) is 4. The molecule has 0 aliphatic heterocycles. The number of nitro groups is 1. The van der Waals surface area contributed by atoms with Gasteiger partial charge >= 0.3 is 0 Å². The van der Waals surface area contributed by atoms with Crippen LogP contribution in [-0.4, -0.2) is 19.7 Å². The van der Waals surface area contributed by atoms with Crippen LogP contribution in [0.4, 0.5) is 5.69 Å². The third kappa shape index (κ3) is 1.66. The number of aromatic nitrogens is 3. The molecule has 1 heterocycles. The number of hydrogen-bond acceptors (Lipinski definition) is 4. The molecule has 1 aromatic carbocycles. The molecule has 1 aliphatic rings. The van der Waals surface area contributed by atoms with E-state index in [-0.39, 0.29) is 10.6 Å². The molecule has 2 aromatic rings. The predicted molar refractivity (Wildman–Crippen MR) is 65.1 cm³/mol. The largest absolute Gasteiger partial charge is 0.310 e. The number of benzene rings is 1. The van der Waals surface area contributed by atoms with Gasteiger partial charge in [-0.15, -0.1) is 10.2 Å². The van der Waals surface area contributed by atoms with Crippen molar-refractivity contribution in [3.63, 3.8) is 0 Å². The first-order valence-corrected chi connectivity index (χ1v) is 5.82. The maximum Gasteiger partial charge on any atom is 0.283 e. The van der Waals surface area contributed by atoms with Gasteiger partial charge in [-0.3, -0.25) is 10.1 Å². The first-order valence-electron chi connectivity index (χ1n) is 5.82. The van der Waals surface area contributed by atoms with Gasteiger partial charge in [0.2, 0.25) is 0 Å². The molecule has 0 spiro atoms. The fourth-order valence-corrected chi connectivity index (χ4v) is 2.14. The lowest BCUT2D eigenvalue weighted by Gasteiger charge is -2.06. The van der Waals surface area contributed by atoms with Crippen molar-refractivity contribution in [1.29, 1.82) is 0 Å². The Kier molecular flexibility index (Phi) is 2.36. The van der Waals surface area contributed by atoms with Crippen LogP contribution in [0.5, 0.6) is 0 Å². The first-order chi connectivity index (χ1) is 8.68. The lowest BCUT2D eigenvalue weighted by Crippen LogP contribution is -2.00. The van der Waals surface area contributed by atoms with Crippen molar-refractivity contribution in [2.45, 2.75) is 25.8 Å². The summed E-state index contributed by atoms with van der Waals surface area (Å²) in [4.78, 5) is 10.8. The van der Waals surface area contributed by atoms with E-state index in [0.717, 1.165) is 12.8 Å². The van der Waals surface area contributed by atoms with E-state index in [1.54, 1.807) is 25.4 Å². The van der Waals surface area contributed by atoms with E-state index in [1.165, 1.54) is 0 Å². The Bertz CT molecular complexity index is 616. The summed E-state index contributed by atoms with van der Waals surface area (Å²) in [6.45, 7) is 1.74. The average molecular weight is 244 g/mol. The van der Waals surface area contributed by atoms with Crippen molar-refractivity contribution in [2.24, 2.45) is 0 Å². The fraction of sp³-hybridized carbons (Fsp3) is 0.333. The Morgan fingerprint density at radius 2 is 2.22 bits per heavy atom. The van der Waals surface area contributed by atoms with Gasteiger partial charge in [0.05, 0.1) is 10.5 Å². The summed E-state index contributed by atoms with van der Waals surface area (Å²) in [5.41, 5.74) is 1.31. The predicted octanol–water partition coefficient (Wildman–Crippen LogP) is 2.50. The molecule has 0 atom stereocenters. The normalized spacial score (nSPS) is 14.7. The molecule has 3 rings (SSSR count). The van der Waals surface area contributed by atoms with Gasteiger partial charge in [0.1, 0.15) is 6.33 Å². The molecule has 18 heavy (non-hydrogen) atoms. The summed E-state index contributed by atoms with van der Waals surface area (Å²) < 4.78 is 1.93. The smallest absolute Gasteiger partial charge is 0.283 e. The molecule has 0 unspecified atom stereocenters. The summed E-state index contributed by atoms with van der Waals surface area (Å²) in [6.07, 6.45) is 3.83. The molecule has 0 amide bonds. The molecule has 0 N–H and O–H groups in total. The summed E-state index contributed by atoms with van der Waals surface area (Å²) >= 11 is 0. The van der Waals surface area contributed by atoms with E-state index >= 15 is 0 Å². The highest BCUT2D eigenvalue weighted by Crippen LogP contribution is 2.39. The molecule has 0 saturated heterocycles. The van der Waals surface area contributed by atoms with Crippen LogP contribution in [0.3, 0.4) is 0 Å². The Hall–Kier alpha value is -2.24. The molecule has 1 fully saturated rings. The zero-order valence-corrected chi connectivity index (χ0v) is 9.91. The van der Waals surface area contributed by atoms with Gasteiger partial charge in [0.15, 0.2) is 5.82 Å². The van der Waals surface area contributed by atoms with Crippen molar-refractivity contribution < 1.29 is 4.92 Å². The maximum absolute atomic E-state index is 11.2. The lowest BCUT2D eigenvalue weighted by molar-refractivity contribution is -0.384. The maximum atomic E-state index is 11.2. The van der Waals surface area contributed by atoms with E-state index in [0.29, 0.717) is 23.0 Å². The van der Waals surface area contributed by atoms with Crippen molar-refractivity contribution in [1.82, 2.24) is 14.8 Å². The molecule has 0 radical (unpaired) electrons. The highest BCUT2D eigenvalue weighted by atomic mass is 16.6. The minimum atomic E-state index is -0.351. The molecule has 6 nitrogen and oxygen atoms in total. The van der Waals surface area contributed by atoms with E-state index in [4.69, 9.17) is 0 Å². The van der Waals surface area contributed by atoms with Crippen LogP contribution in [0.25, 0.3) is 11.4 Å². The van der Waals surface area contributed by atoms with Gasteiger partial charge in [0.25, 0.3) is 5.69 Å². The Morgan fingerprint density at radius 1 is 1.44 bits per heavy atom. The highest BCUT2D eigenvalue weighted by Gasteiger charge is 2.29. The van der Waals surface area contributed by atoms with Gasteiger partial charge in [-0.05, 0) is 25.8 Å². The molecule has 92 valence electrons. The van der Waals surface area contributed by atoms with Crippen molar-refractivity contribution >= 4 is 5.69 Å². The van der Waals surface area contributed by atoms with Gasteiger partial charge in [0, 0.05) is 11.6 Å². The Labute approximate surface area is 103 Å². The van der Waals surface area contributed by atoms with Crippen LogP contribution < -0.4 is 0 Å². The Morgan fingerprint density at radius 3 is 2.89 bits per heavy atom. The number of rotatable bonds is 3. The zero-order chi connectivity index (χ0) is 12.7. The summed E-state index contributed by atoms with van der Waals surface area (Å²) in [6, 6.07) is 5.67. The van der Waals surface area contributed by atoms with Crippen LogP contribution in [0.2, 0.25) is 0 Å². The molecule has 1 saturated carbocycles. The Balaban J connectivity index is 2.19. The standard InChI is InChI=1S/C12H12N4O2/c1-8-3-2-4-10(11(8)16(17)18)12-14-13-7-15(12)9-5-6-9/h2-4,7,9H,5-6H2,1H3. The van der Waals surface area contributed by atoms with E-state index in [2.05, 4.69) is 10.2 Å². The zero-order valence-electron chi connectivity index (χ0n) is 9.91. The van der Waals surface area contributed by atoms with Crippen LogP contribution in [0.1, 0.15) is 24.4 Å². The van der Waals surface area contributed by atoms with Crippen molar-refractivity contribution in [2.75, 3.05) is 0 Å². The van der Waals surface area contributed by atoms with E-state index in [9.17, 15) is 10.1 Å². The van der Waals surface area contributed by atoms with Crippen LogP contribution in [-0.2, 0) is 0 Å². The van der Waals surface area contributed by atoms with Crippen LogP contribution in [0, 0.1) is 17.0 Å². The second-order valence-corrected chi connectivity index (χ2v) is 4.52. The lowest BCUT2D eigenvalue weighted by atomic mass is 10.1. The minimum Gasteiger partial charge on any atom is -0.310 e. The molecule has 1 aliphatic carbocycles. The average Bonchev–Trinajstić information content (AvgIpc) is 3.06. The number of nitro benzene ring substituents is 1. The summed E-state index contributed by atoms with van der Waals surface area (Å²) in [5.74, 6) is 0.591. The second-order valence-electron chi connectivity index (χ2n) is 4.52. The topological polar surface area (TPSA) is 73.8 Å². The van der Waals surface area contributed by atoms with Gasteiger partial charge in [-0.25, -0.2) is 0 Å². The molecule has 1 aromatic heterocycles. The van der Waals surface area contributed by atoms with Gasteiger partial charge < -0.3 is 4.57 Å². The monoisotopic (exact) mass is 244 g/mol. The first kappa shape index (κ1) is 10.9. The summed E-state index contributed by atoms with van der Waals surface area (Å²) in [5, 5.41) is 19.1. The van der Waals surface area contributed by atoms with E-state index in [1.807, 2.05) is 10.6 Å². The third-order valence-electron chi connectivity index (χ3n) is 3.17. The minimum absolute atomic E-state index is 0.118. The quantitative estimate of drug-likeness (QED) is 0.614. The van der Waals surface area contributed by atoms with Crippen molar-refractivity contribution in [3.05, 3.63) is 40.2 Å². The molecular weight excluding hydrogens is 232 g/mol. The number of hydrogen-bond donors (Lipinski definition) is 0. The molecule has 0 bridgehead atoms. The van der Waals surface area contributed by atoms with Crippen LogP contribution >= 0.6 is 0 Å². The van der Waals surface area contributed by atoms with E-state index < -0.39 is 0 Å². The molecule has 6 heteroatoms. The summed E-state index contributed by atoms with van der Waals surface area (Å²) in [7, 11) is 0. The fourth-order valence-electron chi connectivity index (χ4n) is 2.14. The van der Waals surface area contributed by atoms with Gasteiger partial charge in [-0.1, -0.05) is 12.1 Å². The van der Waals surface area contributed by atoms with Crippen LogP contribution in [0.15, 0.2) is 24.5 Å². The van der Waals surface area contributed by atoms with Gasteiger partial charge in [-0.2, -0.15) is 0 Å². The second kappa shape index (κ2) is 3.90. The number of para-hydroxylation sites is 1. The van der Waals surface area contributed by atoms with Crippen molar-refractivity contribution in [3.8, 4) is 11.4 Å². The third-order valence-corrected chi connectivity index (χ3v) is 3.17. The SMILES string of the molecule is Cc1cccc(-c2nncn2C2CC2)c1[N+](=O)[O-]. The number of aryl methyl sites for hydroxylation is 1. The highest BCUT2D eigenvalue weighted by molar-refractivity contribution is 5.70.